The fraction of sp³-hybridized carbons (Fsp3) is 0.333. The van der Waals surface area contributed by atoms with E-state index in [1.54, 1.807) is 6.92 Å². The van der Waals surface area contributed by atoms with Crippen molar-refractivity contribution >= 4 is 33.3 Å². The molecule has 0 saturated carbocycles. The van der Waals surface area contributed by atoms with Gasteiger partial charge in [-0.1, -0.05) is 18.6 Å². The van der Waals surface area contributed by atoms with E-state index in [1.807, 2.05) is 0 Å². The van der Waals surface area contributed by atoms with Crippen LogP contribution in [0.3, 0.4) is 0 Å². The van der Waals surface area contributed by atoms with Gasteiger partial charge in [-0.15, -0.1) is 0 Å². The molecular formula is C21H23N3O7S. The molecule has 0 aromatic heterocycles. The molecule has 0 spiro atoms. The van der Waals surface area contributed by atoms with E-state index in [4.69, 9.17) is 4.74 Å². The number of carbonyl (C=O) groups excluding carboxylic acids is 2. The summed E-state index contributed by atoms with van der Waals surface area (Å²) in [6.07, 6.45) is 2.62. The summed E-state index contributed by atoms with van der Waals surface area (Å²) >= 11 is 0. The third-order valence-electron chi connectivity index (χ3n) is 5.05. The Morgan fingerprint density at radius 1 is 1.12 bits per heavy atom. The van der Waals surface area contributed by atoms with Crippen LogP contribution in [0.5, 0.6) is 0 Å². The van der Waals surface area contributed by atoms with Gasteiger partial charge in [-0.25, -0.2) is 13.2 Å². The van der Waals surface area contributed by atoms with Gasteiger partial charge in [0.1, 0.15) is 0 Å². The molecule has 170 valence electrons. The molecule has 10 nitrogen and oxygen atoms in total. The number of benzene rings is 2. The van der Waals surface area contributed by atoms with Crippen molar-refractivity contribution in [3.05, 3.63) is 63.7 Å². The highest BCUT2D eigenvalue weighted by Crippen LogP contribution is 2.23. The molecule has 1 saturated heterocycles. The third kappa shape index (κ3) is 5.48. The molecule has 32 heavy (non-hydrogen) atoms. The van der Waals surface area contributed by atoms with Gasteiger partial charge in [-0.05, 0) is 44.0 Å². The standard InChI is InChI=1S/C21H23N3O7S/c1-15-8-9-16(12-19(15)24(27)28)21(26)31-14-20(25)22-17-6-5-7-18(13-17)32(29,30)23-10-3-2-4-11-23/h5-9,12-13H,2-4,10-11,14H2,1H3,(H,22,25). The Hall–Kier alpha value is -3.31. The second kappa shape index (κ2) is 9.88. The number of sulfonamides is 1. The second-order valence-electron chi connectivity index (χ2n) is 7.38. The number of ether oxygens (including phenoxy) is 1. The van der Waals surface area contributed by atoms with Crippen molar-refractivity contribution in [1.29, 1.82) is 0 Å². The quantitative estimate of drug-likeness (QED) is 0.380. The summed E-state index contributed by atoms with van der Waals surface area (Å²) in [5, 5.41) is 13.5. The Bertz CT molecular complexity index is 1140. The first-order valence-electron chi connectivity index (χ1n) is 10.0. The number of nitrogens with zero attached hydrogens (tertiary/aromatic N) is 2. The number of carbonyl (C=O) groups is 2. The SMILES string of the molecule is Cc1ccc(C(=O)OCC(=O)Nc2cccc(S(=O)(=O)N3CCCCC3)c2)cc1[N+](=O)[O-]. The van der Waals surface area contributed by atoms with Gasteiger partial charge in [0.25, 0.3) is 11.6 Å². The van der Waals surface area contributed by atoms with Crippen LogP contribution in [-0.4, -0.2) is 49.2 Å². The first kappa shape index (κ1) is 23.4. The van der Waals surface area contributed by atoms with Crippen LogP contribution in [0.4, 0.5) is 11.4 Å². The number of aryl methyl sites for hydroxylation is 1. The Balaban J connectivity index is 1.62. The van der Waals surface area contributed by atoms with Crippen molar-refractivity contribution in [2.45, 2.75) is 31.1 Å². The van der Waals surface area contributed by atoms with E-state index < -0.39 is 33.4 Å². The van der Waals surface area contributed by atoms with Gasteiger partial charge in [-0.3, -0.25) is 14.9 Å². The van der Waals surface area contributed by atoms with Crippen molar-refractivity contribution in [2.24, 2.45) is 0 Å². The predicted octanol–water partition coefficient (Wildman–Crippen LogP) is 2.87. The van der Waals surface area contributed by atoms with Crippen LogP contribution in [0.1, 0.15) is 35.2 Å². The summed E-state index contributed by atoms with van der Waals surface area (Å²) in [5.74, 6) is -1.56. The molecule has 1 aliphatic rings. The number of hydrogen-bond donors (Lipinski definition) is 1. The third-order valence-corrected chi connectivity index (χ3v) is 6.94. The maximum absolute atomic E-state index is 12.8. The highest BCUT2D eigenvalue weighted by atomic mass is 32.2. The van der Waals surface area contributed by atoms with Gasteiger partial charge in [0.2, 0.25) is 10.0 Å². The average Bonchev–Trinajstić information content (AvgIpc) is 2.78. The Morgan fingerprint density at radius 2 is 1.84 bits per heavy atom. The average molecular weight is 461 g/mol. The van der Waals surface area contributed by atoms with Crippen LogP contribution >= 0.6 is 0 Å². The normalized spacial score (nSPS) is 14.5. The molecule has 2 aromatic carbocycles. The van der Waals surface area contributed by atoms with E-state index in [2.05, 4.69) is 5.32 Å². The van der Waals surface area contributed by atoms with E-state index in [0.29, 0.717) is 18.7 Å². The van der Waals surface area contributed by atoms with Crippen molar-refractivity contribution in [3.63, 3.8) is 0 Å². The van der Waals surface area contributed by atoms with E-state index in [-0.39, 0.29) is 21.8 Å². The zero-order chi connectivity index (χ0) is 23.3. The first-order valence-corrected chi connectivity index (χ1v) is 11.4. The van der Waals surface area contributed by atoms with Crippen LogP contribution < -0.4 is 5.32 Å². The summed E-state index contributed by atoms with van der Waals surface area (Å²) < 4.78 is 31.9. The van der Waals surface area contributed by atoms with Gasteiger partial charge in [-0.2, -0.15) is 4.31 Å². The van der Waals surface area contributed by atoms with E-state index in [9.17, 15) is 28.1 Å². The molecular weight excluding hydrogens is 438 g/mol. The van der Waals surface area contributed by atoms with E-state index in [0.717, 1.165) is 25.3 Å². The zero-order valence-electron chi connectivity index (χ0n) is 17.4. The highest BCUT2D eigenvalue weighted by Gasteiger charge is 2.26. The van der Waals surface area contributed by atoms with Crippen molar-refractivity contribution in [1.82, 2.24) is 4.31 Å². The maximum atomic E-state index is 12.8. The number of anilines is 1. The lowest BCUT2D eigenvalue weighted by Crippen LogP contribution is -2.35. The minimum Gasteiger partial charge on any atom is -0.452 e. The summed E-state index contributed by atoms with van der Waals surface area (Å²) in [7, 11) is -3.66. The minimum atomic E-state index is -3.66. The molecule has 0 aliphatic carbocycles. The summed E-state index contributed by atoms with van der Waals surface area (Å²) in [4.78, 5) is 34.8. The zero-order valence-corrected chi connectivity index (χ0v) is 18.3. The van der Waals surface area contributed by atoms with Gasteiger partial charge >= 0.3 is 5.97 Å². The van der Waals surface area contributed by atoms with Gasteiger partial charge in [0.05, 0.1) is 15.4 Å². The van der Waals surface area contributed by atoms with Crippen LogP contribution in [0.15, 0.2) is 47.4 Å². The predicted molar refractivity (Wildman–Crippen MR) is 116 cm³/mol. The number of nitro groups is 1. The molecule has 1 heterocycles. The monoisotopic (exact) mass is 461 g/mol. The number of rotatable bonds is 7. The van der Waals surface area contributed by atoms with Gasteiger partial charge < -0.3 is 10.1 Å². The molecule has 0 unspecified atom stereocenters. The molecule has 0 bridgehead atoms. The minimum absolute atomic E-state index is 0.0512. The molecule has 2 aromatic rings. The second-order valence-corrected chi connectivity index (χ2v) is 9.31. The summed E-state index contributed by atoms with van der Waals surface area (Å²) in [6, 6.07) is 9.74. The fourth-order valence-corrected chi connectivity index (χ4v) is 4.90. The van der Waals surface area contributed by atoms with Crippen LogP contribution in [0.2, 0.25) is 0 Å². The van der Waals surface area contributed by atoms with Crippen LogP contribution in [0, 0.1) is 17.0 Å². The van der Waals surface area contributed by atoms with Crippen LogP contribution in [0.25, 0.3) is 0 Å². The van der Waals surface area contributed by atoms with Gasteiger partial charge in [0.15, 0.2) is 6.61 Å². The number of nitro benzene ring substituents is 1. The molecule has 0 radical (unpaired) electrons. The highest BCUT2D eigenvalue weighted by molar-refractivity contribution is 7.89. The van der Waals surface area contributed by atoms with Crippen molar-refractivity contribution in [2.75, 3.05) is 25.0 Å². The van der Waals surface area contributed by atoms with E-state index in [1.165, 1.54) is 40.7 Å². The lowest BCUT2D eigenvalue weighted by molar-refractivity contribution is -0.385. The molecule has 1 amide bonds. The lowest BCUT2D eigenvalue weighted by Gasteiger charge is -2.26. The Kier molecular flexibility index (Phi) is 7.21. The fourth-order valence-electron chi connectivity index (χ4n) is 3.33. The largest absolute Gasteiger partial charge is 0.452 e. The Labute approximate surface area is 185 Å². The van der Waals surface area contributed by atoms with Crippen molar-refractivity contribution < 1.29 is 27.7 Å². The molecule has 0 atom stereocenters. The summed E-state index contributed by atoms with van der Waals surface area (Å²) in [5.41, 5.74) is 0.360. The maximum Gasteiger partial charge on any atom is 0.338 e. The number of esters is 1. The lowest BCUT2D eigenvalue weighted by atomic mass is 10.1. The molecule has 1 aliphatic heterocycles. The van der Waals surface area contributed by atoms with E-state index >= 15 is 0 Å². The number of piperidine rings is 1. The van der Waals surface area contributed by atoms with Crippen molar-refractivity contribution in [3.8, 4) is 0 Å². The first-order chi connectivity index (χ1) is 15.2. The molecule has 3 rings (SSSR count). The number of amides is 1. The number of hydrogen-bond acceptors (Lipinski definition) is 7. The molecule has 1 N–H and O–H groups in total. The summed E-state index contributed by atoms with van der Waals surface area (Å²) in [6.45, 7) is 1.84. The van der Waals surface area contributed by atoms with Crippen LogP contribution in [-0.2, 0) is 19.6 Å². The topological polar surface area (TPSA) is 136 Å². The van der Waals surface area contributed by atoms with Gasteiger partial charge in [0, 0.05) is 30.4 Å². The number of nitrogens with one attached hydrogen (secondary N) is 1. The molecule has 1 fully saturated rings. The smallest absolute Gasteiger partial charge is 0.338 e. The molecule has 11 heteroatoms. The Morgan fingerprint density at radius 3 is 2.53 bits per heavy atom.